The molecule has 0 radical (unpaired) electrons. The van der Waals surface area contributed by atoms with E-state index in [4.69, 9.17) is 19.3 Å². The van der Waals surface area contributed by atoms with Crippen LogP contribution in [0.2, 0.25) is 0 Å². The Bertz CT molecular complexity index is 415. The number of esters is 1. The molecule has 1 aromatic rings. The molecule has 1 heterocycles. The number of aliphatic hydroxyl groups excluding tert-OH is 1. The second-order valence-corrected chi connectivity index (χ2v) is 4.45. The van der Waals surface area contributed by atoms with Crippen molar-refractivity contribution in [1.82, 2.24) is 0 Å². The Morgan fingerprint density at radius 1 is 1.33 bits per heavy atom. The molecule has 2 unspecified atom stereocenters. The summed E-state index contributed by atoms with van der Waals surface area (Å²) in [6.45, 7) is 5.97. The molecule has 1 aromatic carbocycles. The molecule has 118 valence electrons. The summed E-state index contributed by atoms with van der Waals surface area (Å²) in [5.74, 6) is 0.293. The second-order valence-electron chi connectivity index (χ2n) is 4.45. The summed E-state index contributed by atoms with van der Waals surface area (Å²) in [7, 11) is 0. The molecular formula is C16H24O5. The Morgan fingerprint density at radius 2 is 2.00 bits per heavy atom. The highest BCUT2D eigenvalue weighted by Gasteiger charge is 2.30. The first-order valence-electron chi connectivity index (χ1n) is 7.34. The average Bonchev–Trinajstić information content (AvgIpc) is 2.51. The van der Waals surface area contributed by atoms with E-state index >= 15 is 0 Å². The van der Waals surface area contributed by atoms with Crippen molar-refractivity contribution in [1.29, 1.82) is 0 Å². The van der Waals surface area contributed by atoms with E-state index in [9.17, 15) is 4.79 Å². The fourth-order valence-electron chi connectivity index (χ4n) is 1.97. The molecule has 1 aliphatic heterocycles. The summed E-state index contributed by atoms with van der Waals surface area (Å²) < 4.78 is 16.4. The van der Waals surface area contributed by atoms with Gasteiger partial charge in [0.05, 0.1) is 13.2 Å². The molecular weight excluding hydrogens is 272 g/mol. The van der Waals surface area contributed by atoms with Gasteiger partial charge in [0.25, 0.3) is 0 Å². The third-order valence-electron chi connectivity index (χ3n) is 2.89. The SMILES string of the molecule is CC.CC(=O)OC1CCCOC1Oc1ccc(CO)cc1. The molecule has 0 saturated carbocycles. The first-order chi connectivity index (χ1) is 10.2. The fraction of sp³-hybridized carbons (Fsp3) is 0.562. The zero-order valence-electron chi connectivity index (χ0n) is 12.9. The van der Waals surface area contributed by atoms with Crippen LogP contribution in [0, 0.1) is 0 Å². The molecule has 0 aliphatic carbocycles. The van der Waals surface area contributed by atoms with E-state index < -0.39 is 6.29 Å². The lowest BCUT2D eigenvalue weighted by Gasteiger charge is -2.31. The minimum absolute atomic E-state index is 0.00369. The molecule has 5 nitrogen and oxygen atoms in total. The molecule has 0 spiro atoms. The van der Waals surface area contributed by atoms with Crippen molar-refractivity contribution >= 4 is 5.97 Å². The number of benzene rings is 1. The summed E-state index contributed by atoms with van der Waals surface area (Å²) in [5, 5.41) is 8.97. The summed E-state index contributed by atoms with van der Waals surface area (Å²) >= 11 is 0. The van der Waals surface area contributed by atoms with Gasteiger partial charge in [0.15, 0.2) is 6.10 Å². The van der Waals surface area contributed by atoms with E-state index in [1.54, 1.807) is 24.3 Å². The standard InChI is InChI=1S/C14H18O5.C2H6/c1-10(16)18-13-3-2-8-17-14(13)19-12-6-4-11(9-15)5-7-12;1-2/h4-7,13-15H,2-3,8-9H2,1H3;1-2H3. The van der Waals surface area contributed by atoms with E-state index in [2.05, 4.69) is 0 Å². The molecule has 1 N–H and O–H groups in total. The zero-order valence-corrected chi connectivity index (χ0v) is 12.9. The predicted octanol–water partition coefficient (Wildman–Crippen LogP) is 2.65. The normalized spacial score (nSPS) is 21.0. The number of rotatable bonds is 4. The number of carbonyl (C=O) groups excluding carboxylic acids is 1. The summed E-state index contributed by atoms with van der Waals surface area (Å²) in [6.07, 6.45) is 0.640. The van der Waals surface area contributed by atoms with Crippen molar-refractivity contribution in [2.45, 2.75) is 52.6 Å². The molecule has 2 rings (SSSR count). The van der Waals surface area contributed by atoms with Gasteiger partial charge in [-0.2, -0.15) is 0 Å². The number of carbonyl (C=O) groups is 1. The van der Waals surface area contributed by atoms with Gasteiger partial charge in [0.2, 0.25) is 6.29 Å². The van der Waals surface area contributed by atoms with Gasteiger partial charge in [-0.05, 0) is 30.5 Å². The quantitative estimate of drug-likeness (QED) is 0.865. The van der Waals surface area contributed by atoms with Crippen LogP contribution in [0.5, 0.6) is 5.75 Å². The van der Waals surface area contributed by atoms with Crippen LogP contribution in [0.3, 0.4) is 0 Å². The van der Waals surface area contributed by atoms with E-state index in [0.717, 1.165) is 18.4 Å². The average molecular weight is 296 g/mol. The lowest BCUT2D eigenvalue weighted by Crippen LogP contribution is -2.41. The maximum absolute atomic E-state index is 11.0. The van der Waals surface area contributed by atoms with E-state index in [1.165, 1.54) is 6.92 Å². The zero-order chi connectivity index (χ0) is 15.7. The minimum atomic E-state index is -0.572. The topological polar surface area (TPSA) is 65.0 Å². The van der Waals surface area contributed by atoms with Gasteiger partial charge in [-0.25, -0.2) is 0 Å². The van der Waals surface area contributed by atoms with Crippen molar-refractivity contribution in [3.63, 3.8) is 0 Å². The Hall–Kier alpha value is -1.59. The minimum Gasteiger partial charge on any atom is -0.461 e. The van der Waals surface area contributed by atoms with E-state index in [1.807, 2.05) is 13.8 Å². The van der Waals surface area contributed by atoms with Gasteiger partial charge < -0.3 is 19.3 Å². The van der Waals surface area contributed by atoms with Crippen molar-refractivity contribution in [2.75, 3.05) is 6.61 Å². The number of ether oxygens (including phenoxy) is 3. The molecule has 0 bridgehead atoms. The lowest BCUT2D eigenvalue weighted by molar-refractivity contribution is -0.195. The predicted molar refractivity (Wildman–Crippen MR) is 78.9 cm³/mol. The lowest BCUT2D eigenvalue weighted by atomic mass is 10.1. The molecule has 2 atom stereocenters. The van der Waals surface area contributed by atoms with Gasteiger partial charge in [0, 0.05) is 6.92 Å². The summed E-state index contributed by atoms with van der Waals surface area (Å²) in [6, 6.07) is 7.07. The Morgan fingerprint density at radius 3 is 2.57 bits per heavy atom. The van der Waals surface area contributed by atoms with Crippen LogP contribution >= 0.6 is 0 Å². The van der Waals surface area contributed by atoms with E-state index in [-0.39, 0.29) is 18.7 Å². The van der Waals surface area contributed by atoms with Crippen LogP contribution < -0.4 is 4.74 Å². The smallest absolute Gasteiger partial charge is 0.303 e. The highest BCUT2D eigenvalue weighted by atomic mass is 16.7. The van der Waals surface area contributed by atoms with Gasteiger partial charge in [-0.15, -0.1) is 0 Å². The molecule has 5 heteroatoms. The third kappa shape index (κ3) is 5.73. The molecule has 1 saturated heterocycles. The first-order valence-corrected chi connectivity index (χ1v) is 7.34. The Kier molecular flexibility index (Phi) is 7.79. The molecule has 21 heavy (non-hydrogen) atoms. The molecule has 0 aromatic heterocycles. The largest absolute Gasteiger partial charge is 0.461 e. The van der Waals surface area contributed by atoms with Gasteiger partial charge in [-0.1, -0.05) is 26.0 Å². The van der Waals surface area contributed by atoms with Crippen LogP contribution in [0.25, 0.3) is 0 Å². The highest BCUT2D eigenvalue weighted by Crippen LogP contribution is 2.22. The molecule has 1 aliphatic rings. The van der Waals surface area contributed by atoms with Crippen molar-refractivity contribution in [3.8, 4) is 5.75 Å². The number of hydrogen-bond acceptors (Lipinski definition) is 5. The van der Waals surface area contributed by atoms with Gasteiger partial charge in [0.1, 0.15) is 5.75 Å². The summed E-state index contributed by atoms with van der Waals surface area (Å²) in [5.41, 5.74) is 0.813. The third-order valence-corrected chi connectivity index (χ3v) is 2.89. The maximum atomic E-state index is 11.0. The van der Waals surface area contributed by atoms with Crippen LogP contribution in [0.1, 0.15) is 39.2 Å². The van der Waals surface area contributed by atoms with Crippen LogP contribution in [-0.4, -0.2) is 30.1 Å². The van der Waals surface area contributed by atoms with Crippen LogP contribution in [0.15, 0.2) is 24.3 Å². The first kappa shape index (κ1) is 17.5. The number of hydrogen-bond donors (Lipinski definition) is 1. The second kappa shape index (κ2) is 9.37. The van der Waals surface area contributed by atoms with Crippen molar-refractivity contribution in [2.24, 2.45) is 0 Å². The van der Waals surface area contributed by atoms with Crippen LogP contribution in [0.4, 0.5) is 0 Å². The van der Waals surface area contributed by atoms with Crippen LogP contribution in [-0.2, 0) is 20.9 Å². The highest BCUT2D eigenvalue weighted by molar-refractivity contribution is 5.66. The van der Waals surface area contributed by atoms with Crippen molar-refractivity contribution in [3.05, 3.63) is 29.8 Å². The molecule has 1 fully saturated rings. The van der Waals surface area contributed by atoms with Gasteiger partial charge >= 0.3 is 5.97 Å². The summed E-state index contributed by atoms with van der Waals surface area (Å²) in [4.78, 5) is 11.0. The van der Waals surface area contributed by atoms with Crippen molar-refractivity contribution < 1.29 is 24.1 Å². The van der Waals surface area contributed by atoms with Gasteiger partial charge in [-0.3, -0.25) is 4.79 Å². The fourth-order valence-corrected chi connectivity index (χ4v) is 1.97. The Labute approximate surface area is 125 Å². The van der Waals surface area contributed by atoms with E-state index in [0.29, 0.717) is 12.4 Å². The number of aliphatic hydroxyl groups is 1. The maximum Gasteiger partial charge on any atom is 0.303 e. The molecule has 0 amide bonds. The monoisotopic (exact) mass is 296 g/mol. The Balaban J connectivity index is 0.00000106.